The number of hydrogen-bond acceptors (Lipinski definition) is 3. The predicted octanol–water partition coefficient (Wildman–Crippen LogP) is 3.51. The van der Waals surface area contributed by atoms with Crippen molar-refractivity contribution in [1.82, 2.24) is 4.90 Å². The molecule has 2 rings (SSSR count). The number of carbonyl (C=O) groups excluding carboxylic acids is 1. The highest BCUT2D eigenvalue weighted by Gasteiger charge is 2.30. The van der Waals surface area contributed by atoms with E-state index in [9.17, 15) is 14.9 Å². The standard InChI is InChI=1S/C14H17ClN2O3/c1-2-7-16(9-10-3-4-10)14(18)12-8-11(15)5-6-13(12)17(19)20/h5-6,8,10H,2-4,7,9H2,1H3. The van der Waals surface area contributed by atoms with Gasteiger partial charge in [0.15, 0.2) is 0 Å². The molecule has 1 aromatic carbocycles. The summed E-state index contributed by atoms with van der Waals surface area (Å²) in [6.07, 6.45) is 3.09. The molecule has 0 bridgehead atoms. The number of carbonyl (C=O) groups is 1. The lowest BCUT2D eigenvalue weighted by Gasteiger charge is -2.22. The van der Waals surface area contributed by atoms with Crippen LogP contribution in [0, 0.1) is 16.0 Å². The van der Waals surface area contributed by atoms with Gasteiger partial charge >= 0.3 is 0 Å². The van der Waals surface area contributed by atoms with Gasteiger partial charge in [-0.3, -0.25) is 14.9 Å². The van der Waals surface area contributed by atoms with Gasteiger partial charge in [0.05, 0.1) is 4.92 Å². The Labute approximate surface area is 122 Å². The highest BCUT2D eigenvalue weighted by molar-refractivity contribution is 6.31. The van der Waals surface area contributed by atoms with Gasteiger partial charge in [-0.2, -0.15) is 0 Å². The molecule has 1 amide bonds. The number of benzene rings is 1. The first-order valence-corrected chi connectivity index (χ1v) is 7.14. The summed E-state index contributed by atoms with van der Waals surface area (Å²) in [4.78, 5) is 24.8. The zero-order valence-electron chi connectivity index (χ0n) is 11.3. The smallest absolute Gasteiger partial charge is 0.282 e. The molecule has 1 saturated carbocycles. The second kappa shape index (κ2) is 6.22. The van der Waals surface area contributed by atoms with Crippen molar-refractivity contribution < 1.29 is 9.72 Å². The van der Waals surface area contributed by atoms with E-state index in [1.54, 1.807) is 4.90 Å². The van der Waals surface area contributed by atoms with Crippen molar-refractivity contribution in [2.24, 2.45) is 5.92 Å². The van der Waals surface area contributed by atoms with Gasteiger partial charge < -0.3 is 4.90 Å². The number of halogens is 1. The van der Waals surface area contributed by atoms with Crippen LogP contribution in [-0.2, 0) is 0 Å². The molecule has 0 unspecified atom stereocenters. The lowest BCUT2D eigenvalue weighted by atomic mass is 10.1. The summed E-state index contributed by atoms with van der Waals surface area (Å²) in [6, 6.07) is 4.11. The van der Waals surface area contributed by atoms with Crippen molar-refractivity contribution in [3.05, 3.63) is 38.9 Å². The minimum Gasteiger partial charge on any atom is -0.338 e. The van der Waals surface area contributed by atoms with Crippen LogP contribution in [0.5, 0.6) is 0 Å². The molecular formula is C14H17ClN2O3. The number of amides is 1. The van der Waals surface area contributed by atoms with Crippen molar-refractivity contribution in [2.75, 3.05) is 13.1 Å². The van der Waals surface area contributed by atoms with Gasteiger partial charge in [0.2, 0.25) is 0 Å². The maximum atomic E-state index is 12.5. The normalized spacial score (nSPS) is 14.1. The highest BCUT2D eigenvalue weighted by atomic mass is 35.5. The van der Waals surface area contributed by atoms with Gasteiger partial charge in [-0.15, -0.1) is 0 Å². The maximum Gasteiger partial charge on any atom is 0.282 e. The molecule has 0 atom stereocenters. The number of nitro benzene ring substituents is 1. The number of nitro groups is 1. The van der Waals surface area contributed by atoms with Crippen LogP contribution in [0.15, 0.2) is 18.2 Å². The fraction of sp³-hybridized carbons (Fsp3) is 0.500. The van der Waals surface area contributed by atoms with Crippen LogP contribution in [0.1, 0.15) is 36.5 Å². The summed E-state index contributed by atoms with van der Waals surface area (Å²) < 4.78 is 0. The van der Waals surface area contributed by atoms with Gasteiger partial charge in [-0.05, 0) is 37.3 Å². The van der Waals surface area contributed by atoms with E-state index in [0.717, 1.165) is 19.3 Å². The van der Waals surface area contributed by atoms with Gasteiger partial charge in [0.1, 0.15) is 5.56 Å². The Kier molecular flexibility index (Phi) is 4.60. The Morgan fingerprint density at radius 3 is 2.75 bits per heavy atom. The van der Waals surface area contributed by atoms with Crippen molar-refractivity contribution in [2.45, 2.75) is 26.2 Å². The molecule has 0 N–H and O–H groups in total. The average Bonchev–Trinajstić information content (AvgIpc) is 3.21. The fourth-order valence-corrected chi connectivity index (χ4v) is 2.34. The van der Waals surface area contributed by atoms with Crippen LogP contribution in [0.2, 0.25) is 5.02 Å². The second-order valence-corrected chi connectivity index (χ2v) is 5.55. The summed E-state index contributed by atoms with van der Waals surface area (Å²) in [5.74, 6) is 0.247. The molecule has 20 heavy (non-hydrogen) atoms. The van der Waals surface area contributed by atoms with Gasteiger partial charge in [-0.1, -0.05) is 18.5 Å². The molecule has 1 aromatic rings. The van der Waals surface area contributed by atoms with E-state index in [-0.39, 0.29) is 17.2 Å². The lowest BCUT2D eigenvalue weighted by Crippen LogP contribution is -2.34. The molecular weight excluding hydrogens is 280 g/mol. The van der Waals surface area contributed by atoms with E-state index in [1.807, 2.05) is 6.92 Å². The van der Waals surface area contributed by atoms with Crippen LogP contribution < -0.4 is 0 Å². The van der Waals surface area contributed by atoms with Crippen molar-refractivity contribution >= 4 is 23.2 Å². The van der Waals surface area contributed by atoms with E-state index in [4.69, 9.17) is 11.6 Å². The summed E-state index contributed by atoms with van der Waals surface area (Å²) in [7, 11) is 0. The molecule has 1 fully saturated rings. The molecule has 6 heteroatoms. The van der Waals surface area contributed by atoms with Crippen LogP contribution >= 0.6 is 11.6 Å². The van der Waals surface area contributed by atoms with Crippen molar-refractivity contribution in [3.8, 4) is 0 Å². The predicted molar refractivity (Wildman–Crippen MR) is 77.0 cm³/mol. The molecule has 0 spiro atoms. The summed E-state index contributed by atoms with van der Waals surface area (Å²) in [6.45, 7) is 3.27. The molecule has 0 saturated heterocycles. The number of nitrogens with zero attached hydrogens (tertiary/aromatic N) is 2. The minimum absolute atomic E-state index is 0.0802. The van der Waals surface area contributed by atoms with Crippen LogP contribution in [0.3, 0.4) is 0 Å². The third-order valence-electron chi connectivity index (χ3n) is 3.34. The molecule has 1 aliphatic carbocycles. The third kappa shape index (κ3) is 3.48. The zero-order chi connectivity index (χ0) is 14.7. The molecule has 0 radical (unpaired) electrons. The Bertz CT molecular complexity index is 529. The largest absolute Gasteiger partial charge is 0.338 e. The minimum atomic E-state index is -0.537. The van der Waals surface area contributed by atoms with Gasteiger partial charge in [0.25, 0.3) is 11.6 Å². The number of hydrogen-bond donors (Lipinski definition) is 0. The lowest BCUT2D eigenvalue weighted by molar-refractivity contribution is -0.385. The van der Waals surface area contributed by atoms with Crippen molar-refractivity contribution in [1.29, 1.82) is 0 Å². The number of rotatable bonds is 6. The average molecular weight is 297 g/mol. The molecule has 0 aromatic heterocycles. The van der Waals surface area contributed by atoms with Gasteiger partial charge in [0, 0.05) is 24.2 Å². The Hall–Kier alpha value is -1.62. The Morgan fingerprint density at radius 1 is 1.50 bits per heavy atom. The van der Waals surface area contributed by atoms with Crippen LogP contribution in [0.4, 0.5) is 5.69 Å². The zero-order valence-corrected chi connectivity index (χ0v) is 12.1. The first-order chi connectivity index (χ1) is 9.52. The van der Waals surface area contributed by atoms with Gasteiger partial charge in [-0.25, -0.2) is 0 Å². The maximum absolute atomic E-state index is 12.5. The van der Waals surface area contributed by atoms with Crippen LogP contribution in [0.25, 0.3) is 0 Å². The van der Waals surface area contributed by atoms with E-state index in [1.165, 1.54) is 18.2 Å². The van der Waals surface area contributed by atoms with Crippen LogP contribution in [-0.4, -0.2) is 28.8 Å². The Balaban J connectivity index is 2.28. The summed E-state index contributed by atoms with van der Waals surface area (Å²) in [5, 5.41) is 11.4. The van der Waals surface area contributed by atoms with E-state index in [2.05, 4.69) is 0 Å². The molecule has 5 nitrogen and oxygen atoms in total. The van der Waals surface area contributed by atoms with E-state index >= 15 is 0 Å². The molecule has 0 aliphatic heterocycles. The summed E-state index contributed by atoms with van der Waals surface area (Å²) >= 11 is 5.87. The topological polar surface area (TPSA) is 63.5 Å². The third-order valence-corrected chi connectivity index (χ3v) is 3.58. The molecule has 1 aliphatic rings. The fourth-order valence-electron chi connectivity index (χ4n) is 2.17. The van der Waals surface area contributed by atoms with E-state index in [0.29, 0.717) is 24.0 Å². The quantitative estimate of drug-likeness (QED) is 0.596. The summed E-state index contributed by atoms with van der Waals surface area (Å²) in [5.41, 5.74) is -0.104. The molecule has 108 valence electrons. The van der Waals surface area contributed by atoms with Crippen molar-refractivity contribution in [3.63, 3.8) is 0 Å². The SMILES string of the molecule is CCCN(CC1CC1)C(=O)c1cc(Cl)ccc1[N+](=O)[O-]. The van der Waals surface area contributed by atoms with E-state index < -0.39 is 4.92 Å². The highest BCUT2D eigenvalue weighted by Crippen LogP contribution is 2.31. The monoisotopic (exact) mass is 296 g/mol. The first kappa shape index (κ1) is 14.8. The second-order valence-electron chi connectivity index (χ2n) is 5.11. The first-order valence-electron chi connectivity index (χ1n) is 6.76. The molecule has 0 heterocycles. The Morgan fingerprint density at radius 2 is 2.20 bits per heavy atom.